The Bertz CT molecular complexity index is 1350. The molecule has 4 aliphatic carbocycles. The highest BCUT2D eigenvalue weighted by atomic mass is 16.3. The number of hydrogen-bond acceptors (Lipinski definition) is 10. The molecule has 0 aromatic heterocycles. The summed E-state index contributed by atoms with van der Waals surface area (Å²) in [5.74, 6) is -10.3. The number of hydrogen-bond donors (Lipinski definition) is 3. The van der Waals surface area contributed by atoms with Crippen LogP contribution in [0.2, 0.25) is 0 Å². The SMILES string of the molecule is CN(C)c1c(CN(C)C2CCCCC2)cc(O)c2c1C[C@H]1C[C@H]3[C@H](N(C)C)C(=O)C(C(N)=O)C(=O)[C@@]3(O)C(=O)C1C2=O. The van der Waals surface area contributed by atoms with Crippen LogP contribution in [0.1, 0.15) is 60.0 Å². The molecule has 0 bridgehead atoms. The molecule has 4 aliphatic rings. The number of fused-ring (bicyclic) bond motifs is 3. The minimum atomic E-state index is -2.72. The number of aliphatic hydroxyl groups is 1. The highest BCUT2D eigenvalue weighted by Gasteiger charge is 2.69. The lowest BCUT2D eigenvalue weighted by Crippen LogP contribution is -2.74. The van der Waals surface area contributed by atoms with Crippen molar-refractivity contribution in [3.05, 3.63) is 22.8 Å². The van der Waals surface area contributed by atoms with Crippen molar-refractivity contribution < 1.29 is 34.2 Å². The number of aromatic hydroxyl groups is 1. The van der Waals surface area contributed by atoms with Crippen LogP contribution in [-0.2, 0) is 32.1 Å². The summed E-state index contributed by atoms with van der Waals surface area (Å²) in [6, 6.07) is 0.899. The number of carbonyl (C=O) groups excluding carboxylic acids is 5. The van der Waals surface area contributed by atoms with Crippen molar-refractivity contribution in [1.82, 2.24) is 9.80 Å². The lowest BCUT2D eigenvalue weighted by molar-refractivity contribution is -0.181. The van der Waals surface area contributed by atoms with Crippen LogP contribution >= 0.6 is 0 Å². The molecular formula is C31H42N4O7. The number of phenolic OH excluding ortho intramolecular Hbond substituents is 1. The quantitative estimate of drug-likeness (QED) is 0.407. The number of benzene rings is 1. The first-order valence-electron chi connectivity index (χ1n) is 14.8. The molecule has 0 saturated heterocycles. The molecule has 228 valence electrons. The fraction of sp³-hybridized carbons (Fsp3) is 0.645. The molecule has 2 unspecified atom stereocenters. The zero-order valence-corrected chi connectivity index (χ0v) is 25.1. The van der Waals surface area contributed by atoms with E-state index in [0.717, 1.165) is 24.1 Å². The van der Waals surface area contributed by atoms with Gasteiger partial charge in [0.15, 0.2) is 34.7 Å². The number of anilines is 1. The first-order valence-corrected chi connectivity index (χ1v) is 14.8. The second-order valence-corrected chi connectivity index (χ2v) is 13.1. The third kappa shape index (κ3) is 4.48. The Hall–Kier alpha value is -3.15. The summed E-state index contributed by atoms with van der Waals surface area (Å²) in [6.07, 6.45) is 6.10. The zero-order chi connectivity index (χ0) is 30.8. The fourth-order valence-electron chi connectivity index (χ4n) is 8.33. The van der Waals surface area contributed by atoms with Crippen molar-refractivity contribution in [2.24, 2.45) is 29.4 Å². The summed E-state index contributed by atoms with van der Waals surface area (Å²) in [7, 11) is 8.98. The Balaban J connectivity index is 1.58. The average Bonchev–Trinajstić information content (AvgIpc) is 2.90. The maximum atomic E-state index is 14.1. The summed E-state index contributed by atoms with van der Waals surface area (Å²) in [4.78, 5) is 72.7. The summed E-state index contributed by atoms with van der Waals surface area (Å²) in [5, 5.41) is 23.0. The van der Waals surface area contributed by atoms with E-state index in [4.69, 9.17) is 5.73 Å². The number of phenols is 1. The van der Waals surface area contributed by atoms with Gasteiger partial charge in [-0.3, -0.25) is 33.8 Å². The fourth-order valence-corrected chi connectivity index (χ4v) is 8.33. The van der Waals surface area contributed by atoms with Gasteiger partial charge in [-0.05, 0) is 69.9 Å². The summed E-state index contributed by atoms with van der Waals surface area (Å²) in [5.41, 5.74) is 4.99. The standard InChI is InChI=1S/C31H42N4O7/c1-33(2)24-16(14-35(5)17-9-7-6-8-10-17)13-20(36)22-18(24)11-15-12-19-25(34(3)4)27(38)23(30(32)41)29(40)31(19,42)28(39)21(15)26(22)37/h13,15,17,19,21,23,25,36,42H,6-12,14H2,1-5H3,(H2,32,41)/t15-,19-,21?,23?,25-,31-/m0/s1. The van der Waals surface area contributed by atoms with Crippen molar-refractivity contribution >= 4 is 34.7 Å². The van der Waals surface area contributed by atoms with Gasteiger partial charge in [-0.1, -0.05) is 19.3 Å². The third-order valence-electron chi connectivity index (χ3n) is 10.2. The molecule has 11 heteroatoms. The van der Waals surface area contributed by atoms with Gasteiger partial charge in [0.05, 0.1) is 17.5 Å². The molecule has 5 rings (SSSR count). The maximum Gasteiger partial charge on any atom is 0.235 e. The highest BCUT2D eigenvalue weighted by Crippen LogP contribution is 2.52. The van der Waals surface area contributed by atoms with Gasteiger partial charge >= 0.3 is 0 Å². The van der Waals surface area contributed by atoms with Gasteiger partial charge in [0.2, 0.25) is 5.91 Å². The predicted molar refractivity (Wildman–Crippen MR) is 154 cm³/mol. The Labute approximate surface area is 246 Å². The van der Waals surface area contributed by atoms with E-state index in [1.807, 2.05) is 19.0 Å². The van der Waals surface area contributed by atoms with Gasteiger partial charge in [-0.25, -0.2) is 0 Å². The van der Waals surface area contributed by atoms with E-state index in [0.29, 0.717) is 18.2 Å². The largest absolute Gasteiger partial charge is 0.507 e. The highest BCUT2D eigenvalue weighted by molar-refractivity contribution is 6.32. The number of primary amides is 1. The first-order chi connectivity index (χ1) is 19.7. The van der Waals surface area contributed by atoms with Crippen LogP contribution in [0.15, 0.2) is 6.07 Å². The second kappa shape index (κ2) is 10.8. The van der Waals surface area contributed by atoms with E-state index < -0.39 is 64.4 Å². The van der Waals surface area contributed by atoms with E-state index in [-0.39, 0.29) is 24.2 Å². The number of rotatable bonds is 6. The maximum absolute atomic E-state index is 14.1. The molecule has 11 nitrogen and oxygen atoms in total. The molecule has 1 aromatic rings. The van der Waals surface area contributed by atoms with E-state index in [1.54, 1.807) is 20.2 Å². The lowest BCUT2D eigenvalue weighted by atomic mass is 9.52. The molecule has 4 N–H and O–H groups in total. The Kier molecular flexibility index (Phi) is 7.83. The van der Waals surface area contributed by atoms with Crippen LogP contribution in [0.25, 0.3) is 0 Å². The summed E-state index contributed by atoms with van der Waals surface area (Å²) >= 11 is 0. The Morgan fingerprint density at radius 2 is 1.67 bits per heavy atom. The normalized spacial score (nSPS) is 31.7. The van der Waals surface area contributed by atoms with Crippen LogP contribution in [-0.4, -0.2) is 102 Å². The number of Topliss-reactive ketones (excluding diaryl/α,β-unsaturated/α-hetero) is 4. The second-order valence-electron chi connectivity index (χ2n) is 13.1. The van der Waals surface area contributed by atoms with Crippen molar-refractivity contribution in [3.8, 4) is 5.75 Å². The minimum absolute atomic E-state index is 0.0226. The van der Waals surface area contributed by atoms with E-state index >= 15 is 0 Å². The van der Waals surface area contributed by atoms with Crippen molar-refractivity contribution in [3.63, 3.8) is 0 Å². The first kappa shape index (κ1) is 30.3. The summed E-state index contributed by atoms with van der Waals surface area (Å²) < 4.78 is 0. The van der Waals surface area contributed by atoms with Crippen molar-refractivity contribution in [1.29, 1.82) is 0 Å². The third-order valence-corrected chi connectivity index (χ3v) is 10.2. The topological polar surface area (TPSA) is 162 Å². The number of ketones is 4. The van der Waals surface area contributed by atoms with Crippen LogP contribution in [0.5, 0.6) is 5.75 Å². The zero-order valence-electron chi connectivity index (χ0n) is 25.1. The number of carbonyl (C=O) groups is 5. The van der Waals surface area contributed by atoms with E-state index in [9.17, 15) is 34.2 Å². The van der Waals surface area contributed by atoms with Gasteiger partial charge in [-0.2, -0.15) is 0 Å². The van der Waals surface area contributed by atoms with Gasteiger partial charge < -0.3 is 20.8 Å². The smallest absolute Gasteiger partial charge is 0.235 e. The van der Waals surface area contributed by atoms with Crippen molar-refractivity contribution in [2.45, 2.75) is 69.2 Å². The molecule has 3 fully saturated rings. The van der Waals surface area contributed by atoms with Crippen molar-refractivity contribution in [2.75, 3.05) is 40.1 Å². The molecule has 0 radical (unpaired) electrons. The number of amides is 1. The molecule has 42 heavy (non-hydrogen) atoms. The van der Waals surface area contributed by atoms with Gasteiger partial charge in [0.25, 0.3) is 0 Å². The van der Waals surface area contributed by atoms with Crippen LogP contribution in [0.3, 0.4) is 0 Å². The molecule has 1 aromatic carbocycles. The monoisotopic (exact) mass is 582 g/mol. The number of nitrogens with zero attached hydrogens (tertiary/aromatic N) is 3. The molecular weight excluding hydrogens is 540 g/mol. The minimum Gasteiger partial charge on any atom is -0.507 e. The molecule has 0 spiro atoms. The van der Waals surface area contributed by atoms with E-state index in [1.165, 1.54) is 24.2 Å². The van der Waals surface area contributed by atoms with E-state index in [2.05, 4.69) is 11.9 Å². The summed E-state index contributed by atoms with van der Waals surface area (Å²) in [6.45, 7) is 0.572. The average molecular weight is 583 g/mol. The Morgan fingerprint density at radius 1 is 1.02 bits per heavy atom. The molecule has 3 saturated carbocycles. The van der Waals surface area contributed by atoms with Gasteiger partial charge in [0.1, 0.15) is 5.75 Å². The molecule has 0 aliphatic heterocycles. The van der Waals surface area contributed by atoms with Gasteiger partial charge in [0, 0.05) is 38.3 Å². The Morgan fingerprint density at radius 3 is 2.24 bits per heavy atom. The molecule has 6 atom stereocenters. The van der Waals surface area contributed by atoms with Crippen LogP contribution in [0.4, 0.5) is 5.69 Å². The lowest BCUT2D eigenvalue weighted by Gasteiger charge is -2.52. The molecule has 0 heterocycles. The van der Waals surface area contributed by atoms with Crippen LogP contribution < -0.4 is 10.6 Å². The van der Waals surface area contributed by atoms with Crippen LogP contribution in [0, 0.1) is 23.7 Å². The number of likely N-dealkylation sites (N-methyl/N-ethyl adjacent to an activating group) is 1. The number of nitrogens with two attached hydrogens (primary N) is 1. The predicted octanol–water partition coefficient (Wildman–Crippen LogP) is 0.698. The van der Waals surface area contributed by atoms with Gasteiger partial charge in [-0.15, -0.1) is 0 Å². The molecule has 1 amide bonds.